The van der Waals surface area contributed by atoms with E-state index in [0.717, 1.165) is 67.2 Å². The number of likely N-dealkylation sites (tertiary alicyclic amines) is 1. The molecule has 1 aromatic heterocycles. The Labute approximate surface area is 209 Å². The summed E-state index contributed by atoms with van der Waals surface area (Å²) in [5, 5.41) is 11.1. The third-order valence-electron chi connectivity index (χ3n) is 7.00. The fourth-order valence-electron chi connectivity index (χ4n) is 4.96. The minimum Gasteiger partial charge on any atom is -0.497 e. The van der Waals surface area contributed by atoms with Gasteiger partial charge in [0.2, 0.25) is 0 Å². The van der Waals surface area contributed by atoms with E-state index >= 15 is 0 Å². The van der Waals surface area contributed by atoms with E-state index in [0.29, 0.717) is 16.6 Å². The van der Waals surface area contributed by atoms with Gasteiger partial charge in [0.1, 0.15) is 17.4 Å². The standard InChI is InChI=1S/C27H33F2N3O2S/c1-34-21-4-7-26-23(15-21)22(8-10-31-26)25(30)6-2-18-9-11-32(16-19(18)17-33)12-13-35-27-14-20(28)3-5-24(27)29/h3-5,7-8,10,14-15,18-19,25,33H,2,6,9,11-13,16-17,30H2,1H3/t18-,19-,25+/m1/s1. The lowest BCUT2D eigenvalue weighted by atomic mass is 9.81. The van der Waals surface area contributed by atoms with Crippen molar-refractivity contribution in [1.82, 2.24) is 9.88 Å². The zero-order valence-corrected chi connectivity index (χ0v) is 20.8. The van der Waals surface area contributed by atoms with E-state index in [4.69, 9.17) is 10.5 Å². The van der Waals surface area contributed by atoms with E-state index in [-0.39, 0.29) is 24.4 Å². The fraction of sp³-hybridized carbons (Fsp3) is 0.444. The van der Waals surface area contributed by atoms with Gasteiger partial charge in [-0.15, -0.1) is 11.8 Å². The number of rotatable bonds is 10. The van der Waals surface area contributed by atoms with Crippen LogP contribution in [-0.2, 0) is 0 Å². The van der Waals surface area contributed by atoms with E-state index in [2.05, 4.69) is 9.88 Å². The number of thioether (sulfide) groups is 1. The first kappa shape index (κ1) is 25.8. The number of aromatic nitrogens is 1. The molecule has 35 heavy (non-hydrogen) atoms. The summed E-state index contributed by atoms with van der Waals surface area (Å²) < 4.78 is 32.6. The van der Waals surface area contributed by atoms with Crippen LogP contribution in [0.3, 0.4) is 0 Å². The van der Waals surface area contributed by atoms with Crippen molar-refractivity contribution in [3.63, 3.8) is 0 Å². The zero-order chi connectivity index (χ0) is 24.8. The van der Waals surface area contributed by atoms with Crippen molar-refractivity contribution in [1.29, 1.82) is 0 Å². The lowest BCUT2D eigenvalue weighted by Gasteiger charge is -2.38. The number of ether oxygens (including phenoxy) is 1. The number of nitrogens with zero attached hydrogens (tertiary/aromatic N) is 2. The molecule has 0 bridgehead atoms. The van der Waals surface area contributed by atoms with E-state index < -0.39 is 5.82 Å². The van der Waals surface area contributed by atoms with E-state index in [9.17, 15) is 13.9 Å². The minimum absolute atomic E-state index is 0.123. The summed E-state index contributed by atoms with van der Waals surface area (Å²) in [6.07, 6.45) is 4.55. The van der Waals surface area contributed by atoms with Crippen molar-refractivity contribution in [2.75, 3.05) is 39.1 Å². The van der Waals surface area contributed by atoms with Gasteiger partial charge < -0.3 is 20.5 Å². The number of aliphatic hydroxyl groups excluding tert-OH is 1. The second-order valence-electron chi connectivity index (χ2n) is 9.18. The Bertz CT molecular complexity index is 1130. The van der Waals surface area contributed by atoms with Crippen molar-refractivity contribution in [3.8, 4) is 5.75 Å². The molecule has 0 amide bonds. The molecule has 0 unspecified atom stereocenters. The van der Waals surface area contributed by atoms with Crippen LogP contribution in [-0.4, -0.2) is 54.1 Å². The molecule has 0 radical (unpaired) electrons. The number of benzene rings is 2. The predicted octanol–water partition coefficient (Wildman–Crippen LogP) is 5.02. The Hall–Kier alpha value is -2.26. The quantitative estimate of drug-likeness (QED) is 0.380. The fourth-order valence-corrected chi connectivity index (χ4v) is 5.94. The molecule has 188 valence electrons. The molecular formula is C27H33F2N3O2S. The molecule has 1 aliphatic heterocycles. The minimum atomic E-state index is -0.424. The van der Waals surface area contributed by atoms with Crippen molar-refractivity contribution >= 4 is 22.7 Å². The molecule has 2 aromatic carbocycles. The highest BCUT2D eigenvalue weighted by atomic mass is 32.2. The summed E-state index contributed by atoms with van der Waals surface area (Å²) >= 11 is 1.33. The number of halogens is 2. The lowest BCUT2D eigenvalue weighted by Crippen LogP contribution is -2.43. The summed E-state index contributed by atoms with van der Waals surface area (Å²) in [6, 6.07) is 11.2. The van der Waals surface area contributed by atoms with Gasteiger partial charge in [-0.05, 0) is 85.7 Å². The normalized spacial score (nSPS) is 19.7. The second-order valence-corrected chi connectivity index (χ2v) is 10.3. The molecule has 0 spiro atoms. The van der Waals surface area contributed by atoms with Gasteiger partial charge in [-0.1, -0.05) is 0 Å². The SMILES string of the molecule is COc1ccc2nccc([C@@H](N)CC[C@@H]3CCN(CCSc4cc(F)ccc4F)C[C@@H]3CO)c2c1. The van der Waals surface area contributed by atoms with Crippen LogP contribution in [0.15, 0.2) is 53.6 Å². The number of pyridine rings is 1. The van der Waals surface area contributed by atoms with Gasteiger partial charge in [0.15, 0.2) is 0 Å². The number of hydrogen-bond donors (Lipinski definition) is 2. The molecular weight excluding hydrogens is 468 g/mol. The number of aliphatic hydroxyl groups is 1. The van der Waals surface area contributed by atoms with Gasteiger partial charge in [0, 0.05) is 48.0 Å². The second kappa shape index (κ2) is 12.1. The maximum Gasteiger partial charge on any atom is 0.136 e. The average molecular weight is 502 g/mol. The van der Waals surface area contributed by atoms with Crippen LogP contribution < -0.4 is 10.5 Å². The first-order valence-corrected chi connectivity index (χ1v) is 13.1. The Morgan fingerprint density at radius 3 is 2.86 bits per heavy atom. The third-order valence-corrected chi connectivity index (χ3v) is 8.01. The smallest absolute Gasteiger partial charge is 0.136 e. The summed E-state index contributed by atoms with van der Waals surface area (Å²) in [6.45, 7) is 2.64. The van der Waals surface area contributed by atoms with Crippen molar-refractivity contribution in [2.24, 2.45) is 17.6 Å². The molecule has 3 atom stereocenters. The molecule has 3 N–H and O–H groups in total. The molecule has 2 heterocycles. The van der Waals surface area contributed by atoms with Crippen molar-refractivity contribution in [3.05, 3.63) is 65.9 Å². The van der Waals surface area contributed by atoms with Crippen LogP contribution >= 0.6 is 11.8 Å². The summed E-state index contributed by atoms with van der Waals surface area (Å²) in [5.74, 6) is 1.23. The van der Waals surface area contributed by atoms with E-state index in [1.807, 2.05) is 24.3 Å². The molecule has 5 nitrogen and oxygen atoms in total. The molecule has 1 aliphatic rings. The lowest BCUT2D eigenvalue weighted by molar-refractivity contribution is 0.0701. The maximum absolute atomic E-state index is 13.8. The molecule has 1 fully saturated rings. The molecule has 0 saturated carbocycles. The maximum atomic E-state index is 13.8. The first-order chi connectivity index (χ1) is 17.0. The first-order valence-electron chi connectivity index (χ1n) is 12.1. The van der Waals surface area contributed by atoms with Gasteiger partial charge in [-0.25, -0.2) is 8.78 Å². The Kier molecular flexibility index (Phi) is 8.94. The summed E-state index contributed by atoms with van der Waals surface area (Å²) in [5.41, 5.74) is 8.59. The van der Waals surface area contributed by atoms with Crippen molar-refractivity contribution in [2.45, 2.75) is 30.2 Å². The van der Waals surface area contributed by atoms with Gasteiger partial charge in [0.05, 0.1) is 12.6 Å². The number of hydrogen-bond acceptors (Lipinski definition) is 6. The average Bonchev–Trinajstić information content (AvgIpc) is 2.88. The zero-order valence-electron chi connectivity index (χ0n) is 20.0. The number of piperidine rings is 1. The van der Waals surface area contributed by atoms with Crippen LogP contribution in [0.4, 0.5) is 8.78 Å². The Morgan fingerprint density at radius 1 is 1.20 bits per heavy atom. The number of fused-ring (bicyclic) bond motifs is 1. The highest BCUT2D eigenvalue weighted by molar-refractivity contribution is 7.99. The molecule has 8 heteroatoms. The van der Waals surface area contributed by atoms with Crippen molar-refractivity contribution < 1.29 is 18.6 Å². The summed E-state index contributed by atoms with van der Waals surface area (Å²) in [4.78, 5) is 7.10. The number of nitrogens with two attached hydrogens (primary N) is 1. The Balaban J connectivity index is 1.30. The summed E-state index contributed by atoms with van der Waals surface area (Å²) in [7, 11) is 1.65. The van der Waals surface area contributed by atoms with Crippen LogP contribution in [0.2, 0.25) is 0 Å². The highest BCUT2D eigenvalue weighted by Gasteiger charge is 2.29. The van der Waals surface area contributed by atoms with Gasteiger partial charge in [0.25, 0.3) is 0 Å². The van der Waals surface area contributed by atoms with Crippen LogP contribution in [0.1, 0.15) is 30.9 Å². The predicted molar refractivity (Wildman–Crippen MR) is 137 cm³/mol. The molecule has 4 rings (SSSR count). The van der Waals surface area contributed by atoms with Crippen LogP contribution in [0.5, 0.6) is 5.75 Å². The topological polar surface area (TPSA) is 71.6 Å². The van der Waals surface area contributed by atoms with E-state index in [1.165, 1.54) is 23.9 Å². The number of methoxy groups -OCH3 is 1. The van der Waals surface area contributed by atoms with Crippen LogP contribution in [0.25, 0.3) is 10.9 Å². The Morgan fingerprint density at radius 2 is 2.06 bits per heavy atom. The molecule has 1 saturated heterocycles. The van der Waals surface area contributed by atoms with Gasteiger partial charge >= 0.3 is 0 Å². The molecule has 3 aromatic rings. The van der Waals surface area contributed by atoms with Gasteiger partial charge in [-0.2, -0.15) is 0 Å². The monoisotopic (exact) mass is 501 g/mol. The molecule has 0 aliphatic carbocycles. The third kappa shape index (κ3) is 6.50. The van der Waals surface area contributed by atoms with Crippen LogP contribution in [0, 0.1) is 23.5 Å². The van der Waals surface area contributed by atoms with Gasteiger partial charge in [-0.3, -0.25) is 4.98 Å². The highest BCUT2D eigenvalue weighted by Crippen LogP contribution is 2.33. The van der Waals surface area contributed by atoms with E-state index in [1.54, 1.807) is 13.3 Å². The largest absolute Gasteiger partial charge is 0.497 e.